The molecule has 0 amide bonds. The van der Waals surface area contributed by atoms with Crippen LogP contribution in [0.1, 0.15) is 6.92 Å². The van der Waals surface area contributed by atoms with Gasteiger partial charge >= 0.3 is 0 Å². The lowest BCUT2D eigenvalue weighted by atomic mass is 10.5. The van der Waals surface area contributed by atoms with Crippen LogP contribution in [-0.2, 0) is 0 Å². The van der Waals surface area contributed by atoms with Crippen LogP contribution < -0.4 is 0 Å². The van der Waals surface area contributed by atoms with E-state index < -0.39 is 0 Å². The zero-order chi connectivity index (χ0) is 5.70. The highest BCUT2D eigenvalue weighted by Crippen LogP contribution is 1.91. The molecule has 0 saturated heterocycles. The molecule has 0 bridgehead atoms. The lowest BCUT2D eigenvalue weighted by molar-refractivity contribution is 1.41. The maximum absolute atomic E-state index is 3.97. The largest absolute Gasteiger partial charge is 0.297 e. The molecule has 0 rings (SSSR count). The van der Waals surface area contributed by atoms with Crippen LogP contribution >= 0.6 is 11.8 Å². The molecule has 0 aliphatic rings. The minimum atomic E-state index is 1.07. The first-order valence-corrected chi connectivity index (χ1v) is 3.62. The van der Waals surface area contributed by atoms with E-state index in [9.17, 15) is 0 Å². The molecule has 0 spiro atoms. The Morgan fingerprint density at radius 1 is 1.71 bits per heavy atom. The molecular weight excluding hydrogens is 106 g/mol. The molecule has 0 aliphatic heterocycles. The molecule has 0 aromatic carbocycles. The standard InChI is InChI=1S/C5H11NS/c1-5(6-2)4-7-3/h4H2,1-3H3. The van der Waals surface area contributed by atoms with E-state index in [1.165, 1.54) is 5.71 Å². The summed E-state index contributed by atoms with van der Waals surface area (Å²) in [6, 6.07) is 0. The highest BCUT2D eigenvalue weighted by molar-refractivity contribution is 7.99. The normalized spacial score (nSPS) is 12.1. The minimum Gasteiger partial charge on any atom is -0.297 e. The van der Waals surface area contributed by atoms with Crippen LogP contribution in [0.25, 0.3) is 0 Å². The van der Waals surface area contributed by atoms with E-state index in [0.29, 0.717) is 0 Å². The molecule has 0 unspecified atom stereocenters. The first kappa shape index (κ1) is 7.02. The summed E-state index contributed by atoms with van der Waals surface area (Å²) in [6.45, 7) is 2.04. The second kappa shape index (κ2) is 4.19. The van der Waals surface area contributed by atoms with E-state index in [1.807, 2.05) is 14.0 Å². The van der Waals surface area contributed by atoms with Crippen molar-refractivity contribution in [3.63, 3.8) is 0 Å². The monoisotopic (exact) mass is 117 g/mol. The first-order valence-electron chi connectivity index (χ1n) is 2.22. The third kappa shape index (κ3) is 3.86. The summed E-state index contributed by atoms with van der Waals surface area (Å²) in [6.07, 6.45) is 2.08. The Morgan fingerprint density at radius 2 is 2.29 bits per heavy atom. The van der Waals surface area contributed by atoms with E-state index in [-0.39, 0.29) is 0 Å². The maximum atomic E-state index is 3.97. The third-order valence-corrected chi connectivity index (χ3v) is 1.44. The lowest BCUT2D eigenvalue weighted by Gasteiger charge is -1.89. The van der Waals surface area contributed by atoms with E-state index in [2.05, 4.69) is 11.2 Å². The number of rotatable bonds is 2. The molecule has 0 fully saturated rings. The first-order chi connectivity index (χ1) is 3.31. The van der Waals surface area contributed by atoms with Crippen molar-refractivity contribution in [3.8, 4) is 0 Å². The van der Waals surface area contributed by atoms with Crippen LogP contribution in [0.15, 0.2) is 4.99 Å². The van der Waals surface area contributed by atoms with Crippen LogP contribution in [-0.4, -0.2) is 24.8 Å². The lowest BCUT2D eigenvalue weighted by Crippen LogP contribution is -1.92. The van der Waals surface area contributed by atoms with Gasteiger partial charge in [-0.15, -0.1) is 0 Å². The van der Waals surface area contributed by atoms with Crippen LogP contribution in [0, 0.1) is 0 Å². The number of hydrogen-bond acceptors (Lipinski definition) is 2. The molecule has 42 valence electrons. The Hall–Kier alpha value is 0.0200. The number of nitrogens with zero attached hydrogens (tertiary/aromatic N) is 1. The summed E-state index contributed by atoms with van der Waals surface area (Å²) < 4.78 is 0. The maximum Gasteiger partial charge on any atom is 0.0308 e. The fourth-order valence-corrected chi connectivity index (χ4v) is 0.820. The number of aliphatic imine (C=N–C) groups is 1. The zero-order valence-corrected chi connectivity index (χ0v) is 5.88. The smallest absolute Gasteiger partial charge is 0.0308 e. The number of thioether (sulfide) groups is 1. The van der Waals surface area contributed by atoms with Crippen molar-refractivity contribution in [3.05, 3.63) is 0 Å². The summed E-state index contributed by atoms with van der Waals surface area (Å²) in [7, 11) is 1.82. The van der Waals surface area contributed by atoms with Crippen molar-refractivity contribution in [2.24, 2.45) is 4.99 Å². The van der Waals surface area contributed by atoms with E-state index in [1.54, 1.807) is 11.8 Å². The van der Waals surface area contributed by atoms with Gasteiger partial charge in [0.15, 0.2) is 0 Å². The Labute approximate surface area is 49.2 Å². The summed E-state index contributed by atoms with van der Waals surface area (Å²) in [5.74, 6) is 1.07. The molecule has 0 N–H and O–H groups in total. The SMILES string of the molecule is CN=C(C)CSC. The Balaban J connectivity index is 3.17. The summed E-state index contributed by atoms with van der Waals surface area (Å²) in [4.78, 5) is 3.97. The average Bonchev–Trinajstić information content (AvgIpc) is 1.68. The summed E-state index contributed by atoms with van der Waals surface area (Å²) >= 11 is 1.80. The van der Waals surface area contributed by atoms with Gasteiger partial charge in [-0.1, -0.05) is 0 Å². The molecular formula is C5H11NS. The quantitative estimate of drug-likeness (QED) is 0.498. The van der Waals surface area contributed by atoms with Crippen LogP contribution in [0.5, 0.6) is 0 Å². The second-order valence-electron chi connectivity index (χ2n) is 1.39. The van der Waals surface area contributed by atoms with Gasteiger partial charge in [-0.3, -0.25) is 4.99 Å². The number of hydrogen-bond donors (Lipinski definition) is 0. The highest BCUT2D eigenvalue weighted by atomic mass is 32.2. The van der Waals surface area contributed by atoms with Gasteiger partial charge in [0.25, 0.3) is 0 Å². The Morgan fingerprint density at radius 3 is 2.43 bits per heavy atom. The molecule has 0 saturated carbocycles. The molecule has 0 aromatic rings. The minimum absolute atomic E-state index is 1.07. The topological polar surface area (TPSA) is 12.4 Å². The second-order valence-corrected chi connectivity index (χ2v) is 2.26. The molecule has 0 radical (unpaired) electrons. The highest BCUT2D eigenvalue weighted by Gasteiger charge is 1.82. The average molecular weight is 117 g/mol. The van der Waals surface area contributed by atoms with Crippen LogP contribution in [0.3, 0.4) is 0 Å². The fourth-order valence-electron chi connectivity index (χ4n) is 0.273. The van der Waals surface area contributed by atoms with Gasteiger partial charge in [-0.05, 0) is 13.2 Å². The van der Waals surface area contributed by atoms with E-state index in [0.717, 1.165) is 5.75 Å². The van der Waals surface area contributed by atoms with E-state index >= 15 is 0 Å². The molecule has 1 nitrogen and oxygen atoms in total. The van der Waals surface area contributed by atoms with Crippen molar-refractivity contribution in [1.82, 2.24) is 0 Å². The van der Waals surface area contributed by atoms with Gasteiger partial charge in [0.05, 0.1) is 0 Å². The van der Waals surface area contributed by atoms with Crippen molar-refractivity contribution in [2.75, 3.05) is 19.1 Å². The van der Waals surface area contributed by atoms with Gasteiger partial charge < -0.3 is 0 Å². The zero-order valence-electron chi connectivity index (χ0n) is 5.06. The van der Waals surface area contributed by atoms with Gasteiger partial charge in [0, 0.05) is 18.5 Å². The fraction of sp³-hybridized carbons (Fsp3) is 0.800. The molecule has 2 heteroatoms. The van der Waals surface area contributed by atoms with Gasteiger partial charge in [0.2, 0.25) is 0 Å². The molecule has 7 heavy (non-hydrogen) atoms. The molecule has 0 atom stereocenters. The van der Waals surface area contributed by atoms with Crippen molar-refractivity contribution < 1.29 is 0 Å². The van der Waals surface area contributed by atoms with Gasteiger partial charge in [-0.2, -0.15) is 11.8 Å². The molecule has 0 aromatic heterocycles. The Kier molecular flexibility index (Phi) is 4.20. The third-order valence-electron chi connectivity index (χ3n) is 0.735. The van der Waals surface area contributed by atoms with E-state index in [4.69, 9.17) is 0 Å². The van der Waals surface area contributed by atoms with Crippen LogP contribution in [0.2, 0.25) is 0 Å². The predicted octanol–water partition coefficient (Wildman–Crippen LogP) is 1.44. The van der Waals surface area contributed by atoms with Crippen LogP contribution in [0.4, 0.5) is 0 Å². The predicted molar refractivity (Wildman–Crippen MR) is 37.4 cm³/mol. The van der Waals surface area contributed by atoms with Crippen molar-refractivity contribution in [2.45, 2.75) is 6.92 Å². The van der Waals surface area contributed by atoms with Crippen molar-refractivity contribution >= 4 is 17.5 Å². The van der Waals surface area contributed by atoms with Crippen molar-refractivity contribution in [1.29, 1.82) is 0 Å². The molecule has 0 heterocycles. The van der Waals surface area contributed by atoms with Gasteiger partial charge in [0.1, 0.15) is 0 Å². The summed E-state index contributed by atoms with van der Waals surface area (Å²) in [5.41, 5.74) is 1.22. The Bertz CT molecular complexity index is 68.5. The van der Waals surface area contributed by atoms with Gasteiger partial charge in [-0.25, -0.2) is 0 Å². The summed E-state index contributed by atoms with van der Waals surface area (Å²) in [5, 5.41) is 0. The molecule has 0 aliphatic carbocycles.